The van der Waals surface area contributed by atoms with Crippen molar-refractivity contribution in [3.63, 3.8) is 0 Å². The van der Waals surface area contributed by atoms with Crippen LogP contribution in [-0.2, 0) is 6.42 Å². The van der Waals surface area contributed by atoms with Crippen LogP contribution in [0, 0.1) is 0 Å². The molecule has 0 unspecified atom stereocenters. The van der Waals surface area contributed by atoms with Crippen LogP contribution in [0.2, 0.25) is 0 Å². The van der Waals surface area contributed by atoms with Crippen LogP contribution >= 0.6 is 11.3 Å². The smallest absolute Gasteiger partial charge is 0.263 e. The van der Waals surface area contributed by atoms with Crippen LogP contribution in [-0.4, -0.2) is 30.4 Å². The first-order valence-corrected chi connectivity index (χ1v) is 7.26. The predicted molar refractivity (Wildman–Crippen MR) is 79.4 cm³/mol. The van der Waals surface area contributed by atoms with E-state index in [1.165, 1.54) is 16.9 Å². The molecule has 19 heavy (non-hydrogen) atoms. The molecule has 0 aliphatic heterocycles. The summed E-state index contributed by atoms with van der Waals surface area (Å²) in [5, 5.41) is 1.92. The van der Waals surface area contributed by atoms with Gasteiger partial charge in [-0.3, -0.25) is 4.79 Å². The van der Waals surface area contributed by atoms with Gasteiger partial charge in [-0.2, -0.15) is 0 Å². The molecule has 1 heterocycles. The van der Waals surface area contributed by atoms with E-state index >= 15 is 0 Å². The summed E-state index contributed by atoms with van der Waals surface area (Å²) in [7, 11) is 0. The Hall–Kier alpha value is -1.65. The number of carbonyl (C=O) groups is 1. The van der Waals surface area contributed by atoms with E-state index in [9.17, 15) is 4.79 Å². The van der Waals surface area contributed by atoms with Gasteiger partial charge in [0.25, 0.3) is 5.91 Å². The van der Waals surface area contributed by atoms with Crippen LogP contribution in [0.25, 0.3) is 0 Å². The van der Waals surface area contributed by atoms with Crippen molar-refractivity contribution in [1.29, 1.82) is 0 Å². The van der Waals surface area contributed by atoms with E-state index in [0.717, 1.165) is 11.3 Å². The third-order valence-electron chi connectivity index (χ3n) is 2.93. The predicted octanol–water partition coefficient (Wildman–Crippen LogP) is 2.39. The third kappa shape index (κ3) is 3.91. The highest BCUT2D eigenvalue weighted by molar-refractivity contribution is 7.12. The molecule has 3 nitrogen and oxygen atoms in total. The van der Waals surface area contributed by atoms with Crippen LogP contribution in [0.1, 0.15) is 15.2 Å². The highest BCUT2D eigenvalue weighted by atomic mass is 32.1. The average molecular weight is 274 g/mol. The molecule has 0 bridgehead atoms. The molecule has 2 rings (SSSR count). The first kappa shape index (κ1) is 13.8. The molecule has 1 aromatic heterocycles. The van der Waals surface area contributed by atoms with Crippen molar-refractivity contribution in [2.24, 2.45) is 5.73 Å². The molecule has 0 radical (unpaired) electrons. The third-order valence-corrected chi connectivity index (χ3v) is 3.79. The minimum atomic E-state index is 0.0800. The Balaban J connectivity index is 1.98. The van der Waals surface area contributed by atoms with Crippen molar-refractivity contribution in [3.05, 3.63) is 58.3 Å². The van der Waals surface area contributed by atoms with Crippen LogP contribution in [0.3, 0.4) is 0 Å². The van der Waals surface area contributed by atoms with Gasteiger partial charge in [-0.05, 0) is 23.4 Å². The molecule has 0 saturated heterocycles. The zero-order chi connectivity index (χ0) is 13.5. The Morgan fingerprint density at radius 2 is 1.89 bits per heavy atom. The minimum Gasteiger partial charge on any atom is -0.336 e. The fraction of sp³-hybridized carbons (Fsp3) is 0.267. The Morgan fingerprint density at radius 3 is 2.53 bits per heavy atom. The van der Waals surface area contributed by atoms with Gasteiger partial charge in [0, 0.05) is 19.6 Å². The maximum atomic E-state index is 12.3. The normalized spacial score (nSPS) is 10.4. The molecule has 0 saturated carbocycles. The van der Waals surface area contributed by atoms with Crippen molar-refractivity contribution in [2.75, 3.05) is 19.6 Å². The molecule has 0 atom stereocenters. The molecule has 4 heteroatoms. The number of nitrogens with zero attached hydrogens (tertiary/aromatic N) is 1. The zero-order valence-corrected chi connectivity index (χ0v) is 11.6. The quantitative estimate of drug-likeness (QED) is 0.879. The van der Waals surface area contributed by atoms with E-state index in [0.29, 0.717) is 19.6 Å². The monoisotopic (exact) mass is 274 g/mol. The Bertz CT molecular complexity index is 496. The van der Waals surface area contributed by atoms with Crippen LogP contribution in [0.4, 0.5) is 0 Å². The standard InChI is InChI=1S/C15H18N2OS/c16-9-11-17(15(18)14-7-4-12-19-14)10-8-13-5-2-1-3-6-13/h1-7,12H,8-11,16H2. The van der Waals surface area contributed by atoms with Crippen LogP contribution < -0.4 is 5.73 Å². The molecule has 0 aliphatic carbocycles. The zero-order valence-electron chi connectivity index (χ0n) is 10.8. The Labute approximate surface area is 117 Å². The number of carbonyl (C=O) groups excluding carboxylic acids is 1. The van der Waals surface area contributed by atoms with Crippen molar-refractivity contribution < 1.29 is 4.79 Å². The van der Waals surface area contributed by atoms with Crippen LogP contribution in [0.15, 0.2) is 47.8 Å². The lowest BCUT2D eigenvalue weighted by Gasteiger charge is -2.21. The molecule has 1 aromatic carbocycles. The van der Waals surface area contributed by atoms with E-state index in [1.807, 2.05) is 40.6 Å². The summed E-state index contributed by atoms with van der Waals surface area (Å²) in [6.45, 7) is 1.80. The van der Waals surface area contributed by atoms with Gasteiger partial charge >= 0.3 is 0 Å². The summed E-state index contributed by atoms with van der Waals surface area (Å²) in [5.74, 6) is 0.0800. The van der Waals surface area contributed by atoms with Gasteiger partial charge in [0.05, 0.1) is 4.88 Å². The van der Waals surface area contributed by atoms with Gasteiger partial charge in [0.2, 0.25) is 0 Å². The average Bonchev–Trinajstić information content (AvgIpc) is 2.98. The van der Waals surface area contributed by atoms with Gasteiger partial charge in [-0.1, -0.05) is 36.4 Å². The number of thiophene rings is 1. The summed E-state index contributed by atoms with van der Waals surface area (Å²) in [6.07, 6.45) is 0.859. The first-order valence-electron chi connectivity index (χ1n) is 6.38. The maximum absolute atomic E-state index is 12.3. The van der Waals surface area contributed by atoms with Crippen molar-refractivity contribution >= 4 is 17.2 Å². The largest absolute Gasteiger partial charge is 0.336 e. The Morgan fingerprint density at radius 1 is 1.11 bits per heavy atom. The molecule has 1 amide bonds. The van der Waals surface area contributed by atoms with Gasteiger partial charge < -0.3 is 10.6 Å². The molecular weight excluding hydrogens is 256 g/mol. The molecule has 2 aromatic rings. The highest BCUT2D eigenvalue weighted by Crippen LogP contribution is 2.12. The highest BCUT2D eigenvalue weighted by Gasteiger charge is 2.15. The second-order valence-corrected chi connectivity index (χ2v) is 5.24. The number of rotatable bonds is 6. The minimum absolute atomic E-state index is 0.0800. The summed E-state index contributed by atoms with van der Waals surface area (Å²) in [4.78, 5) is 14.9. The van der Waals surface area contributed by atoms with E-state index in [2.05, 4.69) is 12.1 Å². The molecule has 100 valence electrons. The number of amides is 1. The number of hydrogen-bond donors (Lipinski definition) is 1. The molecule has 0 fully saturated rings. The molecular formula is C15H18N2OS. The first-order chi connectivity index (χ1) is 9.31. The topological polar surface area (TPSA) is 46.3 Å². The molecule has 0 aliphatic rings. The van der Waals surface area contributed by atoms with Gasteiger partial charge in [-0.15, -0.1) is 11.3 Å². The lowest BCUT2D eigenvalue weighted by atomic mass is 10.1. The SMILES string of the molecule is NCCN(CCc1ccccc1)C(=O)c1cccs1. The number of hydrogen-bond acceptors (Lipinski definition) is 3. The summed E-state index contributed by atoms with van der Waals surface area (Å²) >= 11 is 1.47. The molecule has 0 spiro atoms. The molecule has 2 N–H and O–H groups in total. The summed E-state index contributed by atoms with van der Waals surface area (Å²) in [5.41, 5.74) is 6.84. The lowest BCUT2D eigenvalue weighted by Crippen LogP contribution is -2.36. The van der Waals surface area contributed by atoms with E-state index in [-0.39, 0.29) is 5.91 Å². The lowest BCUT2D eigenvalue weighted by molar-refractivity contribution is 0.0767. The van der Waals surface area contributed by atoms with Gasteiger partial charge in [0.15, 0.2) is 0 Å². The van der Waals surface area contributed by atoms with Gasteiger partial charge in [-0.25, -0.2) is 0 Å². The van der Waals surface area contributed by atoms with Crippen molar-refractivity contribution in [1.82, 2.24) is 4.90 Å². The fourth-order valence-corrected chi connectivity index (χ4v) is 2.63. The summed E-state index contributed by atoms with van der Waals surface area (Å²) < 4.78 is 0. The maximum Gasteiger partial charge on any atom is 0.263 e. The van der Waals surface area contributed by atoms with E-state index in [4.69, 9.17) is 5.73 Å². The second kappa shape index (κ2) is 7.07. The van der Waals surface area contributed by atoms with Crippen LogP contribution in [0.5, 0.6) is 0 Å². The number of nitrogens with two attached hydrogens (primary N) is 1. The summed E-state index contributed by atoms with van der Waals surface area (Å²) in [6, 6.07) is 14.0. The van der Waals surface area contributed by atoms with Gasteiger partial charge in [0.1, 0.15) is 0 Å². The fourth-order valence-electron chi connectivity index (χ4n) is 1.94. The van der Waals surface area contributed by atoms with E-state index < -0.39 is 0 Å². The Kier molecular flexibility index (Phi) is 5.12. The van der Waals surface area contributed by atoms with Crippen molar-refractivity contribution in [2.45, 2.75) is 6.42 Å². The second-order valence-electron chi connectivity index (χ2n) is 4.29. The van der Waals surface area contributed by atoms with Crippen molar-refractivity contribution in [3.8, 4) is 0 Å². The number of benzene rings is 1. The van der Waals surface area contributed by atoms with E-state index in [1.54, 1.807) is 0 Å².